The normalized spacial score (nSPS) is 19.2. The van der Waals surface area contributed by atoms with Crippen molar-refractivity contribution in [1.82, 2.24) is 0 Å². The summed E-state index contributed by atoms with van der Waals surface area (Å²) >= 11 is 0. The smallest absolute Gasteiger partial charge is 0.328 e. The second-order valence-corrected chi connectivity index (χ2v) is 4.69. The fourth-order valence-corrected chi connectivity index (χ4v) is 2.46. The number of amides is 1. The second-order valence-electron chi connectivity index (χ2n) is 4.69. The van der Waals surface area contributed by atoms with Gasteiger partial charge in [-0.3, -0.25) is 9.69 Å². The van der Waals surface area contributed by atoms with Gasteiger partial charge in [-0.1, -0.05) is 6.07 Å². The van der Waals surface area contributed by atoms with E-state index >= 15 is 0 Å². The zero-order valence-corrected chi connectivity index (χ0v) is 10.9. The molecule has 0 N–H and O–H groups in total. The number of ether oxygens (including phenoxy) is 1. The third kappa shape index (κ3) is 2.23. The van der Waals surface area contributed by atoms with Crippen LogP contribution < -0.4 is 4.90 Å². The van der Waals surface area contributed by atoms with Crippen LogP contribution in [0.15, 0.2) is 18.2 Å². The van der Waals surface area contributed by atoms with Gasteiger partial charge in [-0.15, -0.1) is 0 Å². The number of anilines is 1. The third-order valence-electron chi connectivity index (χ3n) is 3.17. The lowest BCUT2D eigenvalue weighted by atomic mass is 10.1. The van der Waals surface area contributed by atoms with Gasteiger partial charge in [-0.25, -0.2) is 4.79 Å². The molecule has 1 saturated heterocycles. The van der Waals surface area contributed by atoms with Crippen LogP contribution in [-0.4, -0.2) is 25.0 Å². The van der Waals surface area contributed by atoms with Gasteiger partial charge in [-0.05, 0) is 43.5 Å². The summed E-state index contributed by atoms with van der Waals surface area (Å²) in [5.74, 6) is -0.365. The number of benzene rings is 1. The molecule has 0 aromatic heterocycles. The van der Waals surface area contributed by atoms with Gasteiger partial charge < -0.3 is 4.74 Å². The number of carbonyl (C=O) groups is 2. The summed E-state index contributed by atoms with van der Waals surface area (Å²) in [6, 6.07) is 5.40. The average Bonchev–Trinajstić information content (AvgIpc) is 2.69. The van der Waals surface area contributed by atoms with Gasteiger partial charge in [0.25, 0.3) is 0 Å². The predicted molar refractivity (Wildman–Crippen MR) is 68.4 cm³/mol. The minimum atomic E-state index is -0.483. The van der Waals surface area contributed by atoms with Crippen LogP contribution in [-0.2, 0) is 14.3 Å². The Hall–Kier alpha value is -1.84. The summed E-state index contributed by atoms with van der Waals surface area (Å²) in [6.45, 7) is 3.95. The summed E-state index contributed by atoms with van der Waals surface area (Å²) in [7, 11) is 1.35. The Morgan fingerprint density at radius 3 is 2.44 bits per heavy atom. The lowest BCUT2D eigenvalue weighted by Crippen LogP contribution is -2.39. The zero-order valence-electron chi connectivity index (χ0n) is 10.9. The molecule has 0 saturated carbocycles. The van der Waals surface area contributed by atoms with Crippen LogP contribution in [0.2, 0.25) is 0 Å². The number of nitrogens with zero attached hydrogens (tertiary/aromatic N) is 1. The number of hydrogen-bond donors (Lipinski definition) is 0. The van der Waals surface area contributed by atoms with Gasteiger partial charge >= 0.3 is 5.97 Å². The fraction of sp³-hybridized carbons (Fsp3) is 0.429. The maximum atomic E-state index is 11.9. The molecule has 1 amide bonds. The molecular weight excluding hydrogens is 230 g/mol. The van der Waals surface area contributed by atoms with Crippen molar-refractivity contribution in [1.29, 1.82) is 0 Å². The Bertz CT molecular complexity index is 476. The van der Waals surface area contributed by atoms with Gasteiger partial charge in [0.15, 0.2) is 0 Å². The summed E-state index contributed by atoms with van der Waals surface area (Å²) in [4.78, 5) is 25.2. The lowest BCUT2D eigenvalue weighted by Gasteiger charge is -2.23. The first-order valence-electron chi connectivity index (χ1n) is 6.01. The largest absolute Gasteiger partial charge is 0.467 e. The molecule has 4 nitrogen and oxygen atoms in total. The standard InChI is InChI=1S/C14H17NO3/c1-9-6-10(2)8-11(7-9)15-12(14(17)18-3)4-5-13(15)16/h6-8,12H,4-5H2,1-3H3. The highest BCUT2D eigenvalue weighted by Gasteiger charge is 2.37. The van der Waals surface area contributed by atoms with Gasteiger partial charge in [0.1, 0.15) is 6.04 Å². The SMILES string of the molecule is COC(=O)C1CCC(=O)N1c1cc(C)cc(C)c1. The number of rotatable bonds is 2. The van der Waals surface area contributed by atoms with Crippen LogP contribution in [0.1, 0.15) is 24.0 Å². The molecule has 0 radical (unpaired) electrons. The molecule has 0 bridgehead atoms. The molecule has 4 heteroatoms. The maximum Gasteiger partial charge on any atom is 0.328 e. The molecular formula is C14H17NO3. The maximum absolute atomic E-state index is 11.9. The summed E-state index contributed by atoms with van der Waals surface area (Å²) in [5.41, 5.74) is 2.94. The molecule has 1 aliphatic rings. The van der Waals surface area contributed by atoms with Crippen LogP contribution in [0, 0.1) is 13.8 Å². The number of esters is 1. The van der Waals surface area contributed by atoms with Crippen molar-refractivity contribution in [2.45, 2.75) is 32.7 Å². The van der Waals surface area contributed by atoms with Gasteiger partial charge in [0.05, 0.1) is 7.11 Å². The first-order valence-corrected chi connectivity index (χ1v) is 6.01. The highest BCUT2D eigenvalue weighted by molar-refractivity contribution is 6.02. The Balaban J connectivity index is 2.39. The minimum absolute atomic E-state index is 0.0181. The van der Waals surface area contributed by atoms with E-state index in [1.54, 1.807) is 4.90 Å². The van der Waals surface area contributed by atoms with Crippen LogP contribution in [0.3, 0.4) is 0 Å². The van der Waals surface area contributed by atoms with E-state index in [1.807, 2.05) is 32.0 Å². The van der Waals surface area contributed by atoms with Gasteiger partial charge in [-0.2, -0.15) is 0 Å². The third-order valence-corrected chi connectivity index (χ3v) is 3.17. The topological polar surface area (TPSA) is 46.6 Å². The molecule has 1 unspecified atom stereocenters. The fourth-order valence-electron chi connectivity index (χ4n) is 2.46. The summed E-state index contributed by atoms with van der Waals surface area (Å²) in [6.07, 6.45) is 0.922. The zero-order chi connectivity index (χ0) is 13.3. The van der Waals surface area contributed by atoms with E-state index in [2.05, 4.69) is 0 Å². The van der Waals surface area contributed by atoms with Crippen molar-refractivity contribution >= 4 is 17.6 Å². The molecule has 0 spiro atoms. The van der Waals surface area contributed by atoms with E-state index < -0.39 is 6.04 Å². The highest BCUT2D eigenvalue weighted by atomic mass is 16.5. The Kier molecular flexibility index (Phi) is 3.36. The van der Waals surface area contributed by atoms with E-state index in [4.69, 9.17) is 4.74 Å². The van der Waals surface area contributed by atoms with Crippen LogP contribution in [0.4, 0.5) is 5.69 Å². The van der Waals surface area contributed by atoms with Crippen molar-refractivity contribution in [2.75, 3.05) is 12.0 Å². The number of methoxy groups -OCH3 is 1. The van der Waals surface area contributed by atoms with Gasteiger partial charge in [0, 0.05) is 12.1 Å². The quantitative estimate of drug-likeness (QED) is 0.751. The van der Waals surface area contributed by atoms with E-state index in [0.29, 0.717) is 12.8 Å². The molecule has 1 aliphatic heterocycles. The highest BCUT2D eigenvalue weighted by Crippen LogP contribution is 2.28. The van der Waals surface area contributed by atoms with Crippen molar-refractivity contribution in [3.63, 3.8) is 0 Å². The van der Waals surface area contributed by atoms with E-state index in [-0.39, 0.29) is 11.9 Å². The molecule has 18 heavy (non-hydrogen) atoms. The Morgan fingerprint density at radius 2 is 1.89 bits per heavy atom. The second kappa shape index (κ2) is 4.80. The number of hydrogen-bond acceptors (Lipinski definition) is 3. The summed E-state index contributed by atoms with van der Waals surface area (Å²) in [5, 5.41) is 0. The predicted octanol–water partition coefficient (Wildman–Crippen LogP) is 1.97. The molecule has 1 aromatic rings. The molecule has 1 aromatic carbocycles. The van der Waals surface area contributed by atoms with Crippen molar-refractivity contribution < 1.29 is 14.3 Å². The van der Waals surface area contributed by atoms with Gasteiger partial charge in [0.2, 0.25) is 5.91 Å². The molecule has 1 heterocycles. The Labute approximate surface area is 107 Å². The van der Waals surface area contributed by atoms with Crippen molar-refractivity contribution in [3.8, 4) is 0 Å². The van der Waals surface area contributed by atoms with Crippen LogP contribution in [0.25, 0.3) is 0 Å². The minimum Gasteiger partial charge on any atom is -0.467 e. The average molecular weight is 247 g/mol. The van der Waals surface area contributed by atoms with E-state index in [0.717, 1.165) is 16.8 Å². The molecule has 1 fully saturated rings. The summed E-state index contributed by atoms with van der Waals surface area (Å²) < 4.78 is 4.76. The number of aryl methyl sites for hydroxylation is 2. The first kappa shape index (κ1) is 12.6. The lowest BCUT2D eigenvalue weighted by molar-refractivity contribution is -0.142. The first-order chi connectivity index (χ1) is 8.52. The molecule has 0 aliphatic carbocycles. The molecule has 96 valence electrons. The van der Waals surface area contributed by atoms with E-state index in [1.165, 1.54) is 7.11 Å². The van der Waals surface area contributed by atoms with E-state index in [9.17, 15) is 9.59 Å². The van der Waals surface area contributed by atoms with Crippen LogP contribution in [0.5, 0.6) is 0 Å². The van der Waals surface area contributed by atoms with Crippen LogP contribution >= 0.6 is 0 Å². The molecule has 1 atom stereocenters. The van der Waals surface area contributed by atoms with Crippen molar-refractivity contribution in [2.24, 2.45) is 0 Å². The molecule has 2 rings (SSSR count). The Morgan fingerprint density at radius 1 is 1.28 bits per heavy atom. The number of carbonyl (C=O) groups excluding carboxylic acids is 2. The monoisotopic (exact) mass is 247 g/mol. The van der Waals surface area contributed by atoms with Crippen molar-refractivity contribution in [3.05, 3.63) is 29.3 Å².